The maximum absolute atomic E-state index is 11.5. The fourth-order valence-electron chi connectivity index (χ4n) is 2.35. The Balaban J connectivity index is 0.00000243. The van der Waals surface area contributed by atoms with Gasteiger partial charge in [0.05, 0.1) is 11.9 Å². The number of amidine groups is 1. The molecule has 1 aliphatic carbocycles. The van der Waals surface area contributed by atoms with E-state index in [-0.39, 0.29) is 22.9 Å². The van der Waals surface area contributed by atoms with Crippen molar-refractivity contribution in [2.75, 3.05) is 13.1 Å². The summed E-state index contributed by atoms with van der Waals surface area (Å²) in [7, 11) is 0. The average molecular weight is 396 g/mol. The van der Waals surface area contributed by atoms with Crippen molar-refractivity contribution < 1.29 is 21.9 Å². The third kappa shape index (κ3) is 5.69. The van der Waals surface area contributed by atoms with Crippen molar-refractivity contribution in [3.8, 4) is 0 Å². The zero-order valence-corrected chi connectivity index (χ0v) is 15.1. The molecule has 0 unspecified atom stereocenters. The van der Waals surface area contributed by atoms with Crippen LogP contribution in [-0.4, -0.2) is 30.9 Å². The topological polar surface area (TPSA) is 65.8 Å². The number of hydrogen-bond donors (Lipinski definition) is 2. The maximum atomic E-state index is 11.5. The molecule has 136 valence electrons. The number of carbonyl (C=O) groups is 1. The first kappa shape index (κ1) is 19.6. The molecular formula is C20H20CuN4O+. The molecule has 0 saturated heterocycles. The van der Waals surface area contributed by atoms with Crippen LogP contribution in [0.2, 0.25) is 0 Å². The Hall–Kier alpha value is -2.69. The molecular weight excluding hydrogens is 376 g/mol. The summed E-state index contributed by atoms with van der Waals surface area (Å²) in [5.74, 6) is 0.770. The quantitative estimate of drug-likeness (QED) is 0.423. The van der Waals surface area contributed by atoms with Crippen LogP contribution in [0.25, 0.3) is 0 Å². The van der Waals surface area contributed by atoms with Gasteiger partial charge >= 0.3 is 17.1 Å². The largest absolute Gasteiger partial charge is 1.00 e. The first-order chi connectivity index (χ1) is 12.3. The van der Waals surface area contributed by atoms with E-state index < -0.39 is 0 Å². The van der Waals surface area contributed by atoms with E-state index in [1.807, 2.05) is 42.6 Å². The number of carbonyl (C=O) groups excluding carboxylic acids is 1. The molecule has 1 aromatic rings. The molecule has 1 aromatic carbocycles. The van der Waals surface area contributed by atoms with Crippen LogP contribution in [0.3, 0.4) is 0 Å². The van der Waals surface area contributed by atoms with Gasteiger partial charge in [0, 0.05) is 36.6 Å². The van der Waals surface area contributed by atoms with E-state index in [1.54, 1.807) is 30.6 Å². The monoisotopic (exact) mass is 395 g/mol. The third-order valence-corrected chi connectivity index (χ3v) is 3.65. The van der Waals surface area contributed by atoms with Gasteiger partial charge in [-0.2, -0.15) is 0 Å². The molecule has 2 aliphatic rings. The second-order valence-electron chi connectivity index (χ2n) is 5.57. The fraction of sp³-hybridized carbons (Fsp3) is 0.150. The molecule has 3 rings (SSSR count). The van der Waals surface area contributed by atoms with Gasteiger partial charge in [0.15, 0.2) is 11.6 Å². The smallest absolute Gasteiger partial charge is 0.390 e. The van der Waals surface area contributed by atoms with Crippen molar-refractivity contribution in [3.05, 3.63) is 83.9 Å². The normalized spacial score (nSPS) is 18.2. The Morgan fingerprint density at radius 3 is 2.46 bits per heavy atom. The van der Waals surface area contributed by atoms with Crippen LogP contribution in [0.5, 0.6) is 0 Å². The van der Waals surface area contributed by atoms with E-state index in [1.165, 1.54) is 0 Å². The first-order valence-electron chi connectivity index (χ1n) is 8.27. The third-order valence-electron chi connectivity index (χ3n) is 3.65. The van der Waals surface area contributed by atoms with Crippen molar-refractivity contribution >= 4 is 17.8 Å². The van der Waals surface area contributed by atoms with Crippen molar-refractivity contribution in [3.63, 3.8) is 0 Å². The second-order valence-corrected chi connectivity index (χ2v) is 5.57. The molecule has 0 fully saturated rings. The maximum Gasteiger partial charge on any atom is 1.00 e. The summed E-state index contributed by atoms with van der Waals surface area (Å²) >= 11 is 0. The summed E-state index contributed by atoms with van der Waals surface area (Å²) in [5, 5.41) is 6.39. The number of aliphatic imine (C=N–C) groups is 2. The second kappa shape index (κ2) is 10.3. The van der Waals surface area contributed by atoms with Gasteiger partial charge in [-0.1, -0.05) is 42.5 Å². The standard InChI is InChI=1S/C20H20N4O.Cu/c25-19-10-5-4-9-17(19)13-21-11-6-12-22-14-18-15-23-20(24-18)16-7-2-1-3-8-16;/h1-5,7-10,13-15,21-22H,6,11-12H2;/q;+1. The van der Waals surface area contributed by atoms with Crippen LogP contribution >= 0.6 is 0 Å². The zero-order valence-electron chi connectivity index (χ0n) is 14.2. The van der Waals surface area contributed by atoms with Crippen LogP contribution in [0.1, 0.15) is 12.0 Å². The Bertz CT molecular complexity index is 804. The summed E-state index contributed by atoms with van der Waals surface area (Å²) in [4.78, 5) is 20.4. The fourth-order valence-corrected chi connectivity index (χ4v) is 2.35. The van der Waals surface area contributed by atoms with Gasteiger partial charge in [0.1, 0.15) is 0 Å². The first-order valence-corrected chi connectivity index (χ1v) is 8.27. The number of nitrogens with zero attached hydrogens (tertiary/aromatic N) is 2. The zero-order chi connectivity index (χ0) is 17.3. The Labute approximate surface area is 163 Å². The number of hydrogen-bond acceptors (Lipinski definition) is 5. The van der Waals surface area contributed by atoms with Crippen LogP contribution in [-0.2, 0) is 21.9 Å². The van der Waals surface area contributed by atoms with Crippen molar-refractivity contribution in [2.24, 2.45) is 9.98 Å². The molecule has 2 N–H and O–H groups in total. The number of ketones is 1. The number of allylic oxidation sites excluding steroid dienone is 6. The van der Waals surface area contributed by atoms with Gasteiger partial charge in [0.25, 0.3) is 0 Å². The Morgan fingerprint density at radius 1 is 0.962 bits per heavy atom. The minimum Gasteiger partial charge on any atom is -0.390 e. The summed E-state index contributed by atoms with van der Waals surface area (Å²) in [6, 6.07) is 9.91. The average Bonchev–Trinajstić information content (AvgIpc) is 3.12. The molecule has 6 heteroatoms. The van der Waals surface area contributed by atoms with Gasteiger partial charge in [-0.3, -0.25) is 4.79 Å². The predicted octanol–water partition coefficient (Wildman–Crippen LogP) is 2.50. The van der Waals surface area contributed by atoms with E-state index in [0.717, 1.165) is 36.6 Å². The molecule has 0 atom stereocenters. The molecule has 26 heavy (non-hydrogen) atoms. The molecule has 0 amide bonds. The van der Waals surface area contributed by atoms with Crippen LogP contribution in [0.15, 0.2) is 88.3 Å². The molecule has 1 heterocycles. The van der Waals surface area contributed by atoms with Crippen molar-refractivity contribution in [1.29, 1.82) is 0 Å². The number of benzene rings is 1. The summed E-state index contributed by atoms with van der Waals surface area (Å²) < 4.78 is 0. The molecule has 0 spiro atoms. The van der Waals surface area contributed by atoms with Crippen molar-refractivity contribution in [1.82, 2.24) is 10.6 Å². The molecule has 0 radical (unpaired) electrons. The summed E-state index contributed by atoms with van der Waals surface area (Å²) in [6.07, 6.45) is 13.3. The predicted molar refractivity (Wildman–Crippen MR) is 102 cm³/mol. The van der Waals surface area contributed by atoms with E-state index in [0.29, 0.717) is 5.57 Å². The van der Waals surface area contributed by atoms with Crippen LogP contribution in [0, 0.1) is 0 Å². The van der Waals surface area contributed by atoms with E-state index in [4.69, 9.17) is 0 Å². The minimum atomic E-state index is 0. The molecule has 5 nitrogen and oxygen atoms in total. The van der Waals surface area contributed by atoms with Crippen molar-refractivity contribution in [2.45, 2.75) is 6.42 Å². The van der Waals surface area contributed by atoms with Crippen LogP contribution < -0.4 is 10.6 Å². The van der Waals surface area contributed by atoms with E-state index >= 15 is 0 Å². The molecule has 1 aliphatic heterocycles. The SMILES string of the molecule is O=C1C=CC=CC1=CNCCCNC=C1C=NC(c2ccccc2)=N1.[Cu+]. The Morgan fingerprint density at radius 2 is 1.69 bits per heavy atom. The van der Waals surface area contributed by atoms with Gasteiger partial charge < -0.3 is 10.6 Å². The van der Waals surface area contributed by atoms with Gasteiger partial charge in [-0.05, 0) is 18.6 Å². The number of rotatable bonds is 7. The minimum absolute atomic E-state index is 0. The van der Waals surface area contributed by atoms with Crippen LogP contribution in [0.4, 0.5) is 0 Å². The molecule has 0 bridgehead atoms. The van der Waals surface area contributed by atoms with Gasteiger partial charge in [0.2, 0.25) is 0 Å². The number of nitrogens with one attached hydrogen (secondary N) is 2. The molecule has 0 aromatic heterocycles. The molecule has 0 saturated carbocycles. The summed E-state index contributed by atoms with van der Waals surface area (Å²) in [5.41, 5.74) is 2.52. The van der Waals surface area contributed by atoms with E-state index in [9.17, 15) is 4.79 Å². The van der Waals surface area contributed by atoms with Gasteiger partial charge in [-0.25, -0.2) is 9.98 Å². The van der Waals surface area contributed by atoms with Gasteiger partial charge in [-0.15, -0.1) is 0 Å². The van der Waals surface area contributed by atoms with E-state index in [2.05, 4.69) is 20.6 Å². The summed E-state index contributed by atoms with van der Waals surface area (Å²) in [6.45, 7) is 1.60. The Kier molecular flexibility index (Phi) is 7.80.